The zero-order chi connectivity index (χ0) is 21.1. The van der Waals surface area contributed by atoms with Gasteiger partial charge in [0.1, 0.15) is 5.78 Å². The summed E-state index contributed by atoms with van der Waals surface area (Å²) in [6.07, 6.45) is 0. The highest BCUT2D eigenvalue weighted by Gasteiger charge is 2.19. The maximum atomic E-state index is 11.5. The van der Waals surface area contributed by atoms with E-state index in [0.29, 0.717) is 52.4 Å². The molecule has 0 saturated carbocycles. The Labute approximate surface area is 164 Å². The Kier molecular flexibility index (Phi) is 10.6. The van der Waals surface area contributed by atoms with Crippen molar-refractivity contribution >= 4 is 23.7 Å². The largest absolute Gasteiger partial charge is 0.549 e. The number of carbonyl (C=O) groups is 4. The minimum absolute atomic E-state index is 0.0315. The molecule has 0 aromatic carbocycles. The third kappa shape index (κ3) is 10.9. The van der Waals surface area contributed by atoms with Gasteiger partial charge in [-0.25, -0.2) is 0 Å². The van der Waals surface area contributed by atoms with Gasteiger partial charge in [0.15, 0.2) is 0 Å². The van der Waals surface area contributed by atoms with Gasteiger partial charge in [-0.05, 0) is 6.92 Å². The lowest BCUT2D eigenvalue weighted by Gasteiger charge is -2.33. The lowest BCUT2D eigenvalue weighted by Crippen LogP contribution is -2.50. The van der Waals surface area contributed by atoms with Gasteiger partial charge in [-0.3, -0.25) is 34.0 Å². The minimum atomic E-state index is -1.22. The van der Waals surface area contributed by atoms with Crippen LogP contribution in [0.15, 0.2) is 0 Å². The number of nitrogens with zero attached hydrogens (tertiary/aromatic N) is 4. The van der Waals surface area contributed by atoms with E-state index in [1.165, 1.54) is 6.92 Å². The van der Waals surface area contributed by atoms with Gasteiger partial charge in [0.25, 0.3) is 0 Å². The SMILES string of the molecule is CC(=O)CN1CCN(CC(=O)[O-])CCN(CC(=O)O)CCN(CC(=O)O)CC1. The summed E-state index contributed by atoms with van der Waals surface area (Å²) < 4.78 is 0. The maximum Gasteiger partial charge on any atom is 0.317 e. The molecule has 0 aromatic rings. The van der Waals surface area contributed by atoms with Gasteiger partial charge >= 0.3 is 11.9 Å². The van der Waals surface area contributed by atoms with Crippen molar-refractivity contribution in [1.29, 1.82) is 0 Å². The molecule has 0 aliphatic carbocycles. The van der Waals surface area contributed by atoms with Gasteiger partial charge in [0.05, 0.1) is 25.6 Å². The Morgan fingerprint density at radius 3 is 1.18 bits per heavy atom. The summed E-state index contributed by atoms with van der Waals surface area (Å²) in [6.45, 7) is 4.02. The van der Waals surface area contributed by atoms with Gasteiger partial charge in [-0.15, -0.1) is 0 Å². The van der Waals surface area contributed by atoms with Gasteiger partial charge in [0.2, 0.25) is 0 Å². The zero-order valence-electron chi connectivity index (χ0n) is 16.2. The second-order valence-corrected chi connectivity index (χ2v) is 6.97. The standard InChI is InChI=1S/C17H30N4O7/c1-14(22)10-18-2-4-19(11-15(23)24)6-8-21(13-17(27)28)9-7-20(5-3-18)12-16(25)26/h2-13H2,1H3,(H,23,24)(H,25,26)(H,27,28)/p-1. The molecule has 0 amide bonds. The summed E-state index contributed by atoms with van der Waals surface area (Å²) in [5.41, 5.74) is 0. The Morgan fingerprint density at radius 1 is 0.643 bits per heavy atom. The van der Waals surface area contributed by atoms with E-state index in [1.54, 1.807) is 14.7 Å². The van der Waals surface area contributed by atoms with Crippen molar-refractivity contribution < 1.29 is 34.5 Å². The summed E-state index contributed by atoms with van der Waals surface area (Å²) in [5.74, 6) is -3.23. The molecular formula is C17H29N4O7-. The zero-order valence-corrected chi connectivity index (χ0v) is 16.2. The molecule has 11 heteroatoms. The van der Waals surface area contributed by atoms with Crippen molar-refractivity contribution in [2.24, 2.45) is 0 Å². The number of carbonyl (C=O) groups excluding carboxylic acids is 2. The topological polar surface area (TPSA) is 145 Å². The molecule has 28 heavy (non-hydrogen) atoms. The highest BCUT2D eigenvalue weighted by Crippen LogP contribution is 2.01. The van der Waals surface area contributed by atoms with Crippen LogP contribution in [0.5, 0.6) is 0 Å². The molecule has 2 N–H and O–H groups in total. The van der Waals surface area contributed by atoms with E-state index in [1.807, 2.05) is 4.90 Å². The number of ketones is 1. The van der Waals surface area contributed by atoms with Crippen molar-refractivity contribution in [3.05, 3.63) is 0 Å². The van der Waals surface area contributed by atoms with E-state index in [-0.39, 0.29) is 32.0 Å². The molecule has 1 saturated heterocycles. The first-order chi connectivity index (χ1) is 13.2. The quantitative estimate of drug-likeness (QED) is 0.422. The molecule has 0 radical (unpaired) electrons. The second kappa shape index (κ2) is 12.4. The monoisotopic (exact) mass is 401 g/mol. The van der Waals surface area contributed by atoms with Crippen molar-refractivity contribution in [1.82, 2.24) is 19.6 Å². The molecule has 0 aromatic heterocycles. The number of hydrogen-bond acceptors (Lipinski definition) is 9. The molecule has 0 unspecified atom stereocenters. The van der Waals surface area contributed by atoms with Crippen LogP contribution in [0.1, 0.15) is 6.92 Å². The molecule has 0 spiro atoms. The van der Waals surface area contributed by atoms with Crippen LogP contribution >= 0.6 is 0 Å². The van der Waals surface area contributed by atoms with Crippen LogP contribution in [-0.4, -0.2) is 132 Å². The highest BCUT2D eigenvalue weighted by atomic mass is 16.4. The average molecular weight is 401 g/mol. The third-order valence-corrected chi connectivity index (χ3v) is 4.45. The van der Waals surface area contributed by atoms with Crippen LogP contribution in [0.4, 0.5) is 0 Å². The second-order valence-electron chi connectivity index (χ2n) is 6.97. The summed E-state index contributed by atoms with van der Waals surface area (Å²) in [5, 5.41) is 29.2. The normalized spacial score (nSPS) is 19.5. The number of rotatable bonds is 8. The Morgan fingerprint density at radius 2 is 0.929 bits per heavy atom. The number of hydrogen-bond donors (Lipinski definition) is 2. The third-order valence-electron chi connectivity index (χ3n) is 4.45. The molecule has 11 nitrogen and oxygen atoms in total. The fraction of sp³-hybridized carbons (Fsp3) is 0.765. The van der Waals surface area contributed by atoms with Crippen LogP contribution in [0.25, 0.3) is 0 Å². The number of aliphatic carboxylic acids is 3. The molecule has 1 aliphatic rings. The van der Waals surface area contributed by atoms with E-state index in [4.69, 9.17) is 10.2 Å². The number of Topliss-reactive ketones (excluding diaryl/α,β-unsaturated/α-hetero) is 1. The molecule has 0 atom stereocenters. The van der Waals surface area contributed by atoms with E-state index in [9.17, 15) is 24.3 Å². The molecule has 1 rings (SSSR count). The Balaban J connectivity index is 2.90. The van der Waals surface area contributed by atoms with Crippen molar-refractivity contribution in [2.75, 3.05) is 78.5 Å². The molecule has 1 fully saturated rings. The first-order valence-corrected chi connectivity index (χ1v) is 9.18. The van der Waals surface area contributed by atoms with Crippen molar-refractivity contribution in [3.63, 3.8) is 0 Å². The summed E-state index contributed by atoms with van der Waals surface area (Å²) in [6, 6.07) is 0. The maximum absolute atomic E-state index is 11.5. The average Bonchev–Trinajstić information content (AvgIpc) is 2.55. The lowest BCUT2D eigenvalue weighted by molar-refractivity contribution is -0.306. The first-order valence-electron chi connectivity index (χ1n) is 9.18. The van der Waals surface area contributed by atoms with Crippen LogP contribution in [0.2, 0.25) is 0 Å². The summed E-state index contributed by atoms with van der Waals surface area (Å²) >= 11 is 0. The Bertz CT molecular complexity index is 446. The van der Waals surface area contributed by atoms with Crippen LogP contribution < -0.4 is 5.11 Å². The van der Waals surface area contributed by atoms with E-state index in [2.05, 4.69) is 0 Å². The molecular weight excluding hydrogens is 372 g/mol. The first kappa shape index (κ1) is 24.0. The van der Waals surface area contributed by atoms with E-state index < -0.39 is 17.9 Å². The molecule has 1 aliphatic heterocycles. The van der Waals surface area contributed by atoms with E-state index >= 15 is 0 Å². The van der Waals surface area contributed by atoms with Gasteiger partial charge in [-0.1, -0.05) is 0 Å². The van der Waals surface area contributed by atoms with Crippen LogP contribution in [0.3, 0.4) is 0 Å². The van der Waals surface area contributed by atoms with Crippen molar-refractivity contribution in [3.8, 4) is 0 Å². The van der Waals surface area contributed by atoms with Crippen molar-refractivity contribution in [2.45, 2.75) is 6.92 Å². The summed E-state index contributed by atoms with van der Waals surface area (Å²) in [7, 11) is 0. The lowest BCUT2D eigenvalue weighted by atomic mass is 10.3. The molecule has 1 heterocycles. The minimum Gasteiger partial charge on any atom is -0.549 e. The highest BCUT2D eigenvalue weighted by molar-refractivity contribution is 5.77. The predicted octanol–water partition coefficient (Wildman–Crippen LogP) is -3.28. The molecule has 0 bridgehead atoms. The van der Waals surface area contributed by atoms with Gasteiger partial charge < -0.3 is 20.1 Å². The smallest absolute Gasteiger partial charge is 0.317 e. The van der Waals surface area contributed by atoms with E-state index in [0.717, 1.165) is 0 Å². The summed E-state index contributed by atoms with van der Waals surface area (Å²) in [4.78, 5) is 51.7. The van der Waals surface area contributed by atoms with Gasteiger partial charge in [0, 0.05) is 58.9 Å². The predicted molar refractivity (Wildman–Crippen MR) is 96.7 cm³/mol. The fourth-order valence-electron chi connectivity index (χ4n) is 3.09. The number of carboxylic acids is 3. The number of carboxylic acid groups (broad SMARTS) is 3. The van der Waals surface area contributed by atoms with Gasteiger partial charge in [-0.2, -0.15) is 0 Å². The van der Waals surface area contributed by atoms with Crippen LogP contribution in [-0.2, 0) is 19.2 Å². The molecule has 160 valence electrons. The van der Waals surface area contributed by atoms with Crippen LogP contribution in [0, 0.1) is 0 Å². The fourth-order valence-corrected chi connectivity index (χ4v) is 3.09. The Hall–Kier alpha value is -2.08.